The summed E-state index contributed by atoms with van der Waals surface area (Å²) in [5, 5.41) is 8.54. The summed E-state index contributed by atoms with van der Waals surface area (Å²) in [6.45, 7) is 0. The summed E-state index contributed by atoms with van der Waals surface area (Å²) >= 11 is 5.36. The largest absolute Gasteiger partial charge is 0.478 e. The Labute approximate surface area is 83.3 Å². The molecule has 0 atom stereocenters. The van der Waals surface area contributed by atoms with Gasteiger partial charge in [0.05, 0.1) is 17.1 Å². The molecule has 0 spiro atoms. The summed E-state index contributed by atoms with van der Waals surface area (Å²) < 4.78 is 24.7. The highest BCUT2D eigenvalue weighted by atomic mass is 35.5. The zero-order valence-corrected chi connectivity index (χ0v) is 7.63. The highest BCUT2D eigenvalue weighted by Gasteiger charge is 2.16. The molecule has 0 aliphatic heterocycles. The first-order valence-corrected chi connectivity index (χ1v) is 4.16. The fraction of sp³-hybridized carbons (Fsp3) is 0.250. The molecule has 0 saturated heterocycles. The Hall–Kier alpha value is -1.23. The maximum absolute atomic E-state index is 12.4. The Morgan fingerprint density at radius 2 is 2.29 bits per heavy atom. The molecule has 6 heteroatoms. The molecule has 0 aromatic carbocycles. The van der Waals surface area contributed by atoms with Crippen molar-refractivity contribution < 1.29 is 18.7 Å². The van der Waals surface area contributed by atoms with E-state index in [2.05, 4.69) is 4.98 Å². The SMILES string of the molecule is O=C(O)c1cnc(CCl)c(C(F)F)c1. The first-order valence-electron chi connectivity index (χ1n) is 3.62. The van der Waals surface area contributed by atoms with Gasteiger partial charge in [0, 0.05) is 11.8 Å². The Morgan fingerprint density at radius 3 is 2.71 bits per heavy atom. The number of hydrogen-bond donors (Lipinski definition) is 1. The van der Waals surface area contributed by atoms with Crippen molar-refractivity contribution in [2.45, 2.75) is 12.3 Å². The van der Waals surface area contributed by atoms with Crippen molar-refractivity contribution in [2.75, 3.05) is 0 Å². The van der Waals surface area contributed by atoms with Crippen LogP contribution < -0.4 is 0 Å². The van der Waals surface area contributed by atoms with Crippen LogP contribution in [0.5, 0.6) is 0 Å². The highest BCUT2D eigenvalue weighted by molar-refractivity contribution is 6.17. The second kappa shape index (κ2) is 4.32. The monoisotopic (exact) mass is 221 g/mol. The fourth-order valence-corrected chi connectivity index (χ4v) is 1.15. The normalized spacial score (nSPS) is 10.6. The van der Waals surface area contributed by atoms with E-state index in [1.54, 1.807) is 0 Å². The molecule has 1 heterocycles. The van der Waals surface area contributed by atoms with Crippen molar-refractivity contribution in [3.05, 3.63) is 29.1 Å². The number of halogens is 3. The summed E-state index contributed by atoms with van der Waals surface area (Å²) in [5.41, 5.74) is -0.694. The molecule has 76 valence electrons. The summed E-state index contributed by atoms with van der Waals surface area (Å²) in [4.78, 5) is 14.0. The van der Waals surface area contributed by atoms with E-state index < -0.39 is 18.0 Å². The molecule has 0 aliphatic rings. The average Bonchev–Trinajstić information content (AvgIpc) is 2.16. The van der Waals surface area contributed by atoms with E-state index in [4.69, 9.17) is 16.7 Å². The number of pyridine rings is 1. The lowest BCUT2D eigenvalue weighted by Gasteiger charge is -2.05. The number of carboxylic acid groups (broad SMARTS) is 1. The second-order valence-corrected chi connectivity index (χ2v) is 2.77. The van der Waals surface area contributed by atoms with Crippen LogP contribution in [0.2, 0.25) is 0 Å². The molecule has 0 radical (unpaired) electrons. The number of rotatable bonds is 3. The van der Waals surface area contributed by atoms with Crippen molar-refractivity contribution in [3.8, 4) is 0 Å². The third-order valence-corrected chi connectivity index (χ3v) is 1.87. The molecule has 1 N–H and O–H groups in total. The van der Waals surface area contributed by atoms with Gasteiger partial charge in [-0.25, -0.2) is 13.6 Å². The Bertz CT molecular complexity index is 357. The van der Waals surface area contributed by atoms with Gasteiger partial charge in [-0.1, -0.05) is 0 Å². The summed E-state index contributed by atoms with van der Waals surface area (Å²) in [6, 6.07) is 0.887. The smallest absolute Gasteiger partial charge is 0.337 e. The van der Waals surface area contributed by atoms with Crippen molar-refractivity contribution >= 4 is 17.6 Å². The van der Waals surface area contributed by atoms with Crippen molar-refractivity contribution in [1.29, 1.82) is 0 Å². The molecule has 0 aliphatic carbocycles. The van der Waals surface area contributed by atoms with E-state index in [0.29, 0.717) is 0 Å². The molecule has 1 rings (SSSR count). The van der Waals surface area contributed by atoms with Crippen LogP contribution in [0.15, 0.2) is 12.3 Å². The quantitative estimate of drug-likeness (QED) is 0.798. The Kier molecular flexibility index (Phi) is 3.35. The van der Waals surface area contributed by atoms with Crippen LogP contribution in [0.25, 0.3) is 0 Å². The van der Waals surface area contributed by atoms with E-state index in [-0.39, 0.29) is 17.1 Å². The van der Waals surface area contributed by atoms with Gasteiger partial charge >= 0.3 is 5.97 Å². The van der Waals surface area contributed by atoms with Crippen LogP contribution in [-0.2, 0) is 5.88 Å². The number of aromatic carboxylic acids is 1. The molecule has 0 fully saturated rings. The molecule has 0 saturated carbocycles. The van der Waals surface area contributed by atoms with Crippen LogP contribution in [0, 0.1) is 0 Å². The summed E-state index contributed by atoms with van der Waals surface area (Å²) in [7, 11) is 0. The van der Waals surface area contributed by atoms with Crippen LogP contribution in [0.3, 0.4) is 0 Å². The lowest BCUT2D eigenvalue weighted by Crippen LogP contribution is -2.03. The molecule has 1 aromatic heterocycles. The minimum absolute atomic E-state index is 0.00617. The van der Waals surface area contributed by atoms with Gasteiger partial charge in [-0.2, -0.15) is 0 Å². The Balaban J connectivity index is 3.20. The summed E-state index contributed by atoms with van der Waals surface area (Å²) in [6.07, 6.45) is -1.76. The molecule has 0 unspecified atom stereocenters. The molecular weight excluding hydrogens is 216 g/mol. The minimum atomic E-state index is -2.77. The number of aromatic nitrogens is 1. The average molecular weight is 222 g/mol. The summed E-state index contributed by atoms with van der Waals surface area (Å²) in [5.74, 6) is -1.46. The topological polar surface area (TPSA) is 50.2 Å². The maximum atomic E-state index is 12.4. The minimum Gasteiger partial charge on any atom is -0.478 e. The van der Waals surface area contributed by atoms with Crippen LogP contribution in [-0.4, -0.2) is 16.1 Å². The van der Waals surface area contributed by atoms with Gasteiger partial charge in [-0.05, 0) is 6.07 Å². The number of carbonyl (C=O) groups is 1. The van der Waals surface area contributed by atoms with Crippen molar-refractivity contribution in [1.82, 2.24) is 4.98 Å². The van der Waals surface area contributed by atoms with Gasteiger partial charge in [0.1, 0.15) is 0 Å². The van der Waals surface area contributed by atoms with Crippen molar-refractivity contribution in [2.24, 2.45) is 0 Å². The van der Waals surface area contributed by atoms with Gasteiger partial charge in [-0.15, -0.1) is 11.6 Å². The first-order chi connectivity index (χ1) is 6.56. The molecule has 14 heavy (non-hydrogen) atoms. The molecule has 0 bridgehead atoms. The predicted molar refractivity (Wildman–Crippen MR) is 45.7 cm³/mol. The zero-order chi connectivity index (χ0) is 10.7. The standard InChI is InChI=1S/C8H6ClF2NO2/c9-2-6-5(7(10)11)1-4(3-12-6)8(13)14/h1,3,7H,2H2,(H,13,14). The number of hydrogen-bond acceptors (Lipinski definition) is 2. The van der Waals surface area contributed by atoms with Gasteiger partial charge in [-0.3, -0.25) is 4.98 Å². The van der Waals surface area contributed by atoms with E-state index in [1.807, 2.05) is 0 Å². The van der Waals surface area contributed by atoms with E-state index in [9.17, 15) is 13.6 Å². The molecule has 3 nitrogen and oxygen atoms in total. The maximum Gasteiger partial charge on any atom is 0.337 e. The van der Waals surface area contributed by atoms with Gasteiger partial charge in [0.25, 0.3) is 6.43 Å². The number of nitrogens with zero attached hydrogens (tertiary/aromatic N) is 1. The highest BCUT2D eigenvalue weighted by Crippen LogP contribution is 2.23. The van der Waals surface area contributed by atoms with Crippen LogP contribution >= 0.6 is 11.6 Å². The lowest BCUT2D eigenvalue weighted by atomic mass is 10.1. The third-order valence-electron chi connectivity index (χ3n) is 1.61. The van der Waals surface area contributed by atoms with E-state index in [0.717, 1.165) is 12.3 Å². The fourth-order valence-electron chi connectivity index (χ4n) is 0.928. The third kappa shape index (κ3) is 2.17. The molecule has 1 aromatic rings. The van der Waals surface area contributed by atoms with Gasteiger partial charge < -0.3 is 5.11 Å². The van der Waals surface area contributed by atoms with Gasteiger partial charge in [0.15, 0.2) is 0 Å². The predicted octanol–water partition coefficient (Wildman–Crippen LogP) is 2.46. The zero-order valence-electron chi connectivity index (χ0n) is 6.88. The molecular formula is C8H6ClF2NO2. The van der Waals surface area contributed by atoms with E-state index >= 15 is 0 Å². The van der Waals surface area contributed by atoms with Crippen molar-refractivity contribution in [3.63, 3.8) is 0 Å². The Morgan fingerprint density at radius 1 is 1.64 bits per heavy atom. The molecule has 0 amide bonds. The lowest BCUT2D eigenvalue weighted by molar-refractivity contribution is 0.0696. The second-order valence-electron chi connectivity index (χ2n) is 2.50. The number of alkyl halides is 3. The van der Waals surface area contributed by atoms with Crippen LogP contribution in [0.4, 0.5) is 8.78 Å². The first kappa shape index (κ1) is 10.8. The number of carboxylic acids is 1. The van der Waals surface area contributed by atoms with Crippen LogP contribution in [0.1, 0.15) is 28.0 Å². The van der Waals surface area contributed by atoms with Gasteiger partial charge in [0.2, 0.25) is 0 Å². The van der Waals surface area contributed by atoms with E-state index in [1.165, 1.54) is 0 Å².